The van der Waals surface area contributed by atoms with Gasteiger partial charge in [-0.15, -0.1) is 0 Å². The van der Waals surface area contributed by atoms with Gasteiger partial charge < -0.3 is 4.74 Å². The van der Waals surface area contributed by atoms with Crippen LogP contribution < -0.4 is 10.1 Å². The Morgan fingerprint density at radius 2 is 2.09 bits per heavy atom. The number of ether oxygens (including phenoxy) is 1. The van der Waals surface area contributed by atoms with Gasteiger partial charge in [0, 0.05) is 0 Å². The highest BCUT2D eigenvalue weighted by Gasteiger charge is 2.15. The van der Waals surface area contributed by atoms with Gasteiger partial charge in [-0.2, -0.15) is 0 Å². The zero-order chi connectivity index (χ0) is 16.4. The maximum atomic E-state index is 13.6. The molecule has 0 atom stereocenters. The van der Waals surface area contributed by atoms with Crippen molar-refractivity contribution in [2.45, 2.75) is 6.92 Å². The SMILES string of the molecule is CCOc1ccc2nc(NC(=O)c3cc(F)ccc3F)sc2c1. The van der Waals surface area contributed by atoms with E-state index in [0.29, 0.717) is 23.0 Å². The molecule has 2 aromatic carbocycles. The summed E-state index contributed by atoms with van der Waals surface area (Å²) in [6.07, 6.45) is 0. The van der Waals surface area contributed by atoms with Crippen molar-refractivity contribution in [3.63, 3.8) is 0 Å². The summed E-state index contributed by atoms with van der Waals surface area (Å²) in [5, 5.41) is 2.80. The predicted molar refractivity (Wildman–Crippen MR) is 85.1 cm³/mol. The zero-order valence-corrected chi connectivity index (χ0v) is 12.9. The minimum atomic E-state index is -0.788. The van der Waals surface area contributed by atoms with Crippen LogP contribution in [0.25, 0.3) is 10.2 Å². The second kappa shape index (κ2) is 6.29. The van der Waals surface area contributed by atoms with E-state index in [2.05, 4.69) is 10.3 Å². The molecule has 0 aliphatic rings. The molecule has 0 aliphatic carbocycles. The fraction of sp³-hybridized carbons (Fsp3) is 0.125. The average molecular weight is 334 g/mol. The number of halogens is 2. The summed E-state index contributed by atoms with van der Waals surface area (Å²) in [5.74, 6) is -1.50. The second-order valence-electron chi connectivity index (χ2n) is 4.66. The van der Waals surface area contributed by atoms with E-state index in [1.54, 1.807) is 12.1 Å². The first-order valence-corrected chi connectivity index (χ1v) is 7.68. The highest BCUT2D eigenvalue weighted by molar-refractivity contribution is 7.22. The van der Waals surface area contributed by atoms with Crippen molar-refractivity contribution in [2.24, 2.45) is 0 Å². The highest BCUT2D eigenvalue weighted by atomic mass is 32.1. The molecule has 3 rings (SSSR count). The molecule has 0 bridgehead atoms. The number of hydrogen-bond donors (Lipinski definition) is 1. The van der Waals surface area contributed by atoms with Gasteiger partial charge >= 0.3 is 0 Å². The van der Waals surface area contributed by atoms with E-state index in [1.807, 2.05) is 13.0 Å². The van der Waals surface area contributed by atoms with Crippen LogP contribution in [0.15, 0.2) is 36.4 Å². The van der Waals surface area contributed by atoms with E-state index in [-0.39, 0.29) is 5.56 Å². The molecule has 3 aromatic rings. The Hall–Kier alpha value is -2.54. The molecule has 0 unspecified atom stereocenters. The lowest BCUT2D eigenvalue weighted by Gasteiger charge is -2.02. The monoisotopic (exact) mass is 334 g/mol. The number of thiazole rings is 1. The number of rotatable bonds is 4. The third-order valence-corrected chi connectivity index (χ3v) is 4.00. The first-order valence-electron chi connectivity index (χ1n) is 6.86. The number of nitrogens with one attached hydrogen (secondary N) is 1. The van der Waals surface area contributed by atoms with Gasteiger partial charge in [-0.3, -0.25) is 10.1 Å². The number of amides is 1. The van der Waals surface area contributed by atoms with Crippen LogP contribution in [-0.4, -0.2) is 17.5 Å². The molecule has 1 heterocycles. The lowest BCUT2D eigenvalue weighted by molar-refractivity contribution is 0.102. The normalized spacial score (nSPS) is 10.7. The summed E-state index contributed by atoms with van der Waals surface area (Å²) in [6.45, 7) is 2.43. The van der Waals surface area contributed by atoms with E-state index in [0.717, 1.165) is 22.9 Å². The molecule has 0 spiro atoms. The Morgan fingerprint density at radius 1 is 1.26 bits per heavy atom. The first kappa shape index (κ1) is 15.4. The van der Waals surface area contributed by atoms with Crippen LogP contribution in [-0.2, 0) is 0 Å². The van der Waals surface area contributed by atoms with Gasteiger partial charge in [-0.25, -0.2) is 13.8 Å². The molecular formula is C16H12F2N2O2S. The van der Waals surface area contributed by atoms with Gasteiger partial charge in [-0.1, -0.05) is 11.3 Å². The Kier molecular flexibility index (Phi) is 4.20. The van der Waals surface area contributed by atoms with Crippen LogP contribution in [0.2, 0.25) is 0 Å². The molecular weight excluding hydrogens is 322 g/mol. The molecule has 1 amide bonds. The van der Waals surface area contributed by atoms with Crippen LogP contribution in [0, 0.1) is 11.6 Å². The van der Waals surface area contributed by atoms with Crippen LogP contribution in [0.5, 0.6) is 5.75 Å². The molecule has 0 fully saturated rings. The first-order chi connectivity index (χ1) is 11.1. The zero-order valence-electron chi connectivity index (χ0n) is 12.1. The maximum absolute atomic E-state index is 13.6. The van der Waals surface area contributed by atoms with Crippen LogP contribution in [0.3, 0.4) is 0 Å². The fourth-order valence-corrected chi connectivity index (χ4v) is 2.94. The van der Waals surface area contributed by atoms with Crippen LogP contribution >= 0.6 is 11.3 Å². The van der Waals surface area contributed by atoms with E-state index >= 15 is 0 Å². The Labute approximate surface area is 134 Å². The minimum Gasteiger partial charge on any atom is -0.494 e. The van der Waals surface area contributed by atoms with Crippen LogP contribution in [0.1, 0.15) is 17.3 Å². The largest absolute Gasteiger partial charge is 0.494 e. The minimum absolute atomic E-state index is 0.308. The van der Waals surface area contributed by atoms with Crippen molar-refractivity contribution in [3.8, 4) is 5.75 Å². The molecule has 7 heteroatoms. The van der Waals surface area contributed by atoms with Gasteiger partial charge in [0.1, 0.15) is 17.4 Å². The molecule has 0 aliphatic heterocycles. The van der Waals surface area contributed by atoms with Gasteiger partial charge in [-0.05, 0) is 43.3 Å². The van der Waals surface area contributed by atoms with E-state index in [9.17, 15) is 13.6 Å². The number of fused-ring (bicyclic) bond motifs is 1. The standard InChI is InChI=1S/C16H12F2N2O2S/c1-2-22-10-4-6-13-14(8-10)23-16(19-13)20-15(21)11-7-9(17)3-5-12(11)18/h3-8H,2H2,1H3,(H,19,20,21). The third-order valence-electron chi connectivity index (χ3n) is 3.06. The number of aromatic nitrogens is 1. The van der Waals surface area contributed by atoms with Crippen molar-refractivity contribution in [3.05, 3.63) is 53.6 Å². The summed E-state index contributed by atoms with van der Waals surface area (Å²) in [7, 11) is 0. The lowest BCUT2D eigenvalue weighted by Crippen LogP contribution is -2.13. The summed E-state index contributed by atoms with van der Waals surface area (Å²) in [4.78, 5) is 16.3. The lowest BCUT2D eigenvalue weighted by atomic mass is 10.2. The molecule has 0 saturated carbocycles. The van der Waals surface area contributed by atoms with Gasteiger partial charge in [0.15, 0.2) is 5.13 Å². The summed E-state index contributed by atoms with van der Waals surface area (Å²) in [5.41, 5.74) is 0.327. The molecule has 23 heavy (non-hydrogen) atoms. The van der Waals surface area contributed by atoms with Crippen molar-refractivity contribution in [1.29, 1.82) is 0 Å². The fourth-order valence-electron chi connectivity index (χ4n) is 2.05. The van der Waals surface area contributed by atoms with E-state index in [4.69, 9.17) is 4.74 Å². The number of anilines is 1. The molecule has 1 N–H and O–H groups in total. The Balaban J connectivity index is 1.86. The second-order valence-corrected chi connectivity index (χ2v) is 5.69. The molecule has 4 nitrogen and oxygen atoms in total. The quantitative estimate of drug-likeness (QED) is 0.777. The summed E-state index contributed by atoms with van der Waals surface area (Å²) >= 11 is 1.23. The van der Waals surface area contributed by atoms with E-state index in [1.165, 1.54) is 11.3 Å². The predicted octanol–water partition coefficient (Wildman–Crippen LogP) is 4.23. The number of benzene rings is 2. The molecule has 0 radical (unpaired) electrons. The van der Waals surface area contributed by atoms with Gasteiger partial charge in [0.25, 0.3) is 5.91 Å². The average Bonchev–Trinajstić information content (AvgIpc) is 2.91. The van der Waals surface area contributed by atoms with Gasteiger partial charge in [0.05, 0.1) is 22.4 Å². The number of hydrogen-bond acceptors (Lipinski definition) is 4. The molecule has 118 valence electrons. The van der Waals surface area contributed by atoms with Crippen molar-refractivity contribution < 1.29 is 18.3 Å². The van der Waals surface area contributed by atoms with E-state index < -0.39 is 17.5 Å². The third kappa shape index (κ3) is 3.29. The topological polar surface area (TPSA) is 51.2 Å². The Morgan fingerprint density at radius 3 is 2.87 bits per heavy atom. The smallest absolute Gasteiger partial charge is 0.260 e. The van der Waals surface area contributed by atoms with Crippen molar-refractivity contribution in [1.82, 2.24) is 4.98 Å². The number of carbonyl (C=O) groups excluding carboxylic acids is 1. The highest BCUT2D eigenvalue weighted by Crippen LogP contribution is 2.29. The van der Waals surface area contributed by atoms with Crippen LogP contribution in [0.4, 0.5) is 13.9 Å². The summed E-state index contributed by atoms with van der Waals surface area (Å²) < 4.78 is 33.0. The Bertz CT molecular complexity index is 880. The number of nitrogens with zero attached hydrogens (tertiary/aromatic N) is 1. The van der Waals surface area contributed by atoms with Crippen molar-refractivity contribution in [2.75, 3.05) is 11.9 Å². The van der Waals surface area contributed by atoms with Crippen molar-refractivity contribution >= 4 is 32.6 Å². The number of carbonyl (C=O) groups is 1. The maximum Gasteiger partial charge on any atom is 0.260 e. The molecule has 0 saturated heterocycles. The summed E-state index contributed by atoms with van der Waals surface area (Å²) in [6, 6.07) is 8.09. The molecule has 1 aromatic heterocycles. The van der Waals surface area contributed by atoms with Gasteiger partial charge in [0.2, 0.25) is 0 Å².